The van der Waals surface area contributed by atoms with Gasteiger partial charge >= 0.3 is 5.97 Å². The van der Waals surface area contributed by atoms with Gasteiger partial charge in [0.1, 0.15) is 23.5 Å². The maximum Gasteiger partial charge on any atom is 0.351 e. The molecule has 2 rings (SSSR count). The molecule has 1 aromatic rings. The summed E-state index contributed by atoms with van der Waals surface area (Å²) in [5.74, 6) is -0.00287. The molecule has 2 heterocycles. The second-order valence-electron chi connectivity index (χ2n) is 5.40. The highest BCUT2D eigenvalue weighted by molar-refractivity contribution is 8.04. The largest absolute Gasteiger partial charge is 0.457 e. The fraction of sp³-hybridized carbons (Fsp3) is 0.412. The van der Waals surface area contributed by atoms with E-state index in [1.165, 1.54) is 22.7 Å². The minimum Gasteiger partial charge on any atom is -0.457 e. The number of ether oxygens (including phenoxy) is 1. The lowest BCUT2D eigenvalue weighted by atomic mass is 10.2. The fourth-order valence-corrected chi connectivity index (χ4v) is 3.80. The van der Waals surface area contributed by atoms with E-state index in [0.29, 0.717) is 24.4 Å². The minimum absolute atomic E-state index is 0.0185. The van der Waals surface area contributed by atoms with E-state index in [1.807, 2.05) is 19.9 Å². The summed E-state index contributed by atoms with van der Waals surface area (Å²) in [5, 5.41) is 9.39. The molecule has 7 nitrogen and oxygen atoms in total. The molecule has 132 valence electrons. The smallest absolute Gasteiger partial charge is 0.351 e. The summed E-state index contributed by atoms with van der Waals surface area (Å²) in [7, 11) is 0. The van der Waals surface area contributed by atoms with Crippen molar-refractivity contribution in [3.05, 3.63) is 41.0 Å². The van der Waals surface area contributed by atoms with Gasteiger partial charge in [0, 0.05) is 18.4 Å². The van der Waals surface area contributed by atoms with Crippen LogP contribution in [0.25, 0.3) is 0 Å². The predicted octanol–water partition coefficient (Wildman–Crippen LogP) is 2.08. The number of aromatic amines is 1. The number of esters is 1. The number of carbonyl (C=O) groups excluding carboxylic acids is 2. The van der Waals surface area contributed by atoms with Crippen molar-refractivity contribution in [3.63, 3.8) is 0 Å². The van der Waals surface area contributed by atoms with Crippen LogP contribution in [0.1, 0.15) is 24.9 Å². The van der Waals surface area contributed by atoms with Crippen molar-refractivity contribution in [2.24, 2.45) is 0 Å². The third kappa shape index (κ3) is 4.31. The Bertz CT molecular complexity index is 747. The first-order valence-electron chi connectivity index (χ1n) is 7.92. The molecule has 0 bridgehead atoms. The van der Waals surface area contributed by atoms with Gasteiger partial charge in [-0.1, -0.05) is 24.4 Å². The Morgan fingerprint density at radius 3 is 2.96 bits per heavy atom. The second-order valence-corrected chi connectivity index (χ2v) is 6.59. The van der Waals surface area contributed by atoms with Gasteiger partial charge in [0.15, 0.2) is 5.57 Å². The third-order valence-electron chi connectivity index (χ3n) is 3.65. The monoisotopic (exact) mass is 360 g/mol. The van der Waals surface area contributed by atoms with Crippen LogP contribution in [0.2, 0.25) is 0 Å². The Kier molecular flexibility index (Phi) is 6.42. The van der Waals surface area contributed by atoms with Gasteiger partial charge in [0.25, 0.3) is 0 Å². The Balaban J connectivity index is 2.17. The Labute approximate surface area is 150 Å². The average Bonchev–Trinajstić information content (AvgIpc) is 3.15. The van der Waals surface area contributed by atoms with Crippen molar-refractivity contribution >= 4 is 23.6 Å². The van der Waals surface area contributed by atoms with Crippen molar-refractivity contribution < 1.29 is 14.3 Å². The summed E-state index contributed by atoms with van der Waals surface area (Å²) >= 11 is 1.24. The van der Waals surface area contributed by atoms with Crippen LogP contribution in [0.5, 0.6) is 0 Å². The second kappa shape index (κ2) is 8.53. The quantitative estimate of drug-likeness (QED) is 0.346. The summed E-state index contributed by atoms with van der Waals surface area (Å²) in [6, 6.07) is 1.88. The molecule has 0 aromatic carbocycles. The molecule has 0 radical (unpaired) electrons. The van der Waals surface area contributed by atoms with Gasteiger partial charge in [-0.05, 0) is 26.7 Å². The highest BCUT2D eigenvalue weighted by atomic mass is 32.2. The normalized spacial score (nSPS) is 18.8. The zero-order valence-electron chi connectivity index (χ0n) is 14.2. The van der Waals surface area contributed by atoms with E-state index in [4.69, 9.17) is 4.74 Å². The van der Waals surface area contributed by atoms with Crippen LogP contribution in [-0.2, 0) is 20.7 Å². The van der Waals surface area contributed by atoms with Crippen molar-refractivity contribution in [2.45, 2.75) is 31.9 Å². The van der Waals surface area contributed by atoms with Gasteiger partial charge in [0.05, 0.1) is 5.25 Å². The van der Waals surface area contributed by atoms with Crippen molar-refractivity contribution in [1.82, 2.24) is 14.9 Å². The standard InChI is InChI=1S/C17H20N4O3S/c1-4-8-24-17(23)13(9-18)16-21(5-2)15(22)14(25-16)7-6-12-10-19-11(3)20-12/h4,10,14H,1,5-8H2,2-3H3,(H,19,20)/b16-13-. The predicted molar refractivity (Wildman–Crippen MR) is 94.2 cm³/mol. The number of nitrogens with zero attached hydrogens (tertiary/aromatic N) is 3. The first kappa shape index (κ1) is 18.8. The first-order valence-corrected chi connectivity index (χ1v) is 8.80. The van der Waals surface area contributed by atoms with Crippen LogP contribution in [-0.4, -0.2) is 45.1 Å². The number of imidazole rings is 1. The lowest BCUT2D eigenvalue weighted by molar-refractivity contribution is -0.137. The number of carbonyl (C=O) groups is 2. The molecule has 25 heavy (non-hydrogen) atoms. The molecule has 1 atom stereocenters. The molecule has 1 aliphatic heterocycles. The van der Waals surface area contributed by atoms with Gasteiger partial charge in [0.2, 0.25) is 5.91 Å². The Hall–Kier alpha value is -2.53. The molecule has 0 spiro atoms. The van der Waals surface area contributed by atoms with Crippen LogP contribution < -0.4 is 0 Å². The van der Waals surface area contributed by atoms with E-state index in [2.05, 4.69) is 16.5 Å². The SMILES string of the molecule is C=CCOC(=O)/C(C#N)=C1\SC(CCc2cnc(C)[nH]2)C(=O)N1CC. The van der Waals surface area contributed by atoms with Gasteiger partial charge in [-0.15, -0.1) is 0 Å². The lowest BCUT2D eigenvalue weighted by Gasteiger charge is -2.15. The highest BCUT2D eigenvalue weighted by Crippen LogP contribution is 2.39. The highest BCUT2D eigenvalue weighted by Gasteiger charge is 2.39. The Morgan fingerprint density at radius 1 is 1.64 bits per heavy atom. The number of nitrogens with one attached hydrogen (secondary N) is 1. The van der Waals surface area contributed by atoms with Crippen LogP contribution in [0.4, 0.5) is 0 Å². The zero-order valence-corrected chi connectivity index (χ0v) is 15.1. The summed E-state index contributed by atoms with van der Waals surface area (Å²) in [6.07, 6.45) is 4.43. The van der Waals surface area contributed by atoms with E-state index in [1.54, 1.807) is 6.20 Å². The van der Waals surface area contributed by atoms with E-state index < -0.39 is 5.97 Å². The molecular formula is C17H20N4O3S. The summed E-state index contributed by atoms with van der Waals surface area (Å²) in [5.41, 5.74) is 0.819. The number of aryl methyl sites for hydroxylation is 2. The van der Waals surface area contributed by atoms with Gasteiger partial charge in [-0.3, -0.25) is 4.79 Å². The number of nitriles is 1. The van der Waals surface area contributed by atoms with Crippen LogP contribution in [0.15, 0.2) is 29.5 Å². The average molecular weight is 360 g/mol. The minimum atomic E-state index is -0.735. The number of thioether (sulfide) groups is 1. The molecule has 8 heteroatoms. The van der Waals surface area contributed by atoms with Gasteiger partial charge < -0.3 is 14.6 Å². The molecule has 0 aliphatic carbocycles. The number of aromatic nitrogens is 2. The molecule has 1 aliphatic rings. The van der Waals surface area contributed by atoms with E-state index in [0.717, 1.165) is 11.5 Å². The summed E-state index contributed by atoms with van der Waals surface area (Å²) in [4.78, 5) is 33.4. The molecule has 1 saturated heterocycles. The molecular weight excluding hydrogens is 340 g/mol. The molecule has 0 saturated carbocycles. The number of hydrogen-bond acceptors (Lipinski definition) is 6. The van der Waals surface area contributed by atoms with E-state index >= 15 is 0 Å². The maximum absolute atomic E-state index is 12.6. The number of H-pyrrole nitrogens is 1. The van der Waals surface area contributed by atoms with Crippen LogP contribution in [0, 0.1) is 18.3 Å². The molecule has 1 aromatic heterocycles. The summed E-state index contributed by atoms with van der Waals surface area (Å²) in [6.45, 7) is 7.56. The van der Waals surface area contributed by atoms with Crippen LogP contribution in [0.3, 0.4) is 0 Å². The number of rotatable bonds is 7. The zero-order chi connectivity index (χ0) is 18.4. The maximum atomic E-state index is 12.6. The number of hydrogen-bond donors (Lipinski definition) is 1. The van der Waals surface area contributed by atoms with Gasteiger partial charge in [-0.25, -0.2) is 9.78 Å². The Morgan fingerprint density at radius 2 is 2.40 bits per heavy atom. The van der Waals surface area contributed by atoms with E-state index in [9.17, 15) is 14.9 Å². The molecule has 1 N–H and O–H groups in total. The topological polar surface area (TPSA) is 99.1 Å². The number of amides is 1. The molecule has 1 unspecified atom stereocenters. The molecule has 1 fully saturated rings. The lowest BCUT2D eigenvalue weighted by Crippen LogP contribution is -2.29. The van der Waals surface area contributed by atoms with E-state index in [-0.39, 0.29) is 23.3 Å². The molecule has 1 amide bonds. The van der Waals surface area contributed by atoms with Crippen LogP contribution >= 0.6 is 11.8 Å². The van der Waals surface area contributed by atoms with Crippen molar-refractivity contribution in [2.75, 3.05) is 13.2 Å². The summed E-state index contributed by atoms with van der Waals surface area (Å²) < 4.78 is 4.95. The van der Waals surface area contributed by atoms with Crippen molar-refractivity contribution in [1.29, 1.82) is 5.26 Å². The van der Waals surface area contributed by atoms with Gasteiger partial charge in [-0.2, -0.15) is 5.26 Å². The van der Waals surface area contributed by atoms with Crippen molar-refractivity contribution in [3.8, 4) is 6.07 Å². The fourth-order valence-electron chi connectivity index (χ4n) is 2.47. The third-order valence-corrected chi connectivity index (χ3v) is 5.02. The first-order chi connectivity index (χ1) is 12.0.